The molecule has 0 fully saturated rings. The summed E-state index contributed by atoms with van der Waals surface area (Å²) in [5.41, 5.74) is 1.68. The van der Waals surface area contributed by atoms with E-state index in [1.54, 1.807) is 18.0 Å². The molecule has 0 aliphatic carbocycles. The Morgan fingerprint density at radius 1 is 0.956 bits per heavy atom. The number of nitrogens with zero attached hydrogens (tertiary/aromatic N) is 3. The van der Waals surface area contributed by atoms with Gasteiger partial charge in [0.1, 0.15) is 17.3 Å². The summed E-state index contributed by atoms with van der Waals surface area (Å²) in [5, 5.41) is 0.826. The molecule has 0 N–H and O–H groups in total. The van der Waals surface area contributed by atoms with E-state index >= 15 is 0 Å². The number of unbranched alkanes of at least 4 members (excludes halogenated alkanes) is 2. The Hall–Kier alpha value is -1.56. The van der Waals surface area contributed by atoms with Gasteiger partial charge in [-0.2, -0.15) is 12.6 Å². The molecule has 45 heavy (non-hydrogen) atoms. The third kappa shape index (κ3) is 19.6. The molecular formula is C34H61N3O5S2Si. The van der Waals surface area contributed by atoms with Gasteiger partial charge in [0.25, 0.3) is 0 Å². The van der Waals surface area contributed by atoms with Crippen LogP contribution in [-0.4, -0.2) is 65.9 Å². The van der Waals surface area contributed by atoms with E-state index < -0.39 is 8.07 Å². The van der Waals surface area contributed by atoms with Gasteiger partial charge in [-0.1, -0.05) is 85.9 Å². The number of carbonyl (C=O) groups excluding carboxylic acids is 2. The SMILES string of the molecule is CCCCC(CC)COC(=O)CCS.CCCCC(CC)COC(=O)CCSc1cnc2c(ccn2COCC[Si](C)(C)C)n1. The summed E-state index contributed by atoms with van der Waals surface area (Å²) in [6.07, 6.45) is 13.8. The fourth-order valence-electron chi connectivity index (χ4n) is 4.35. The van der Waals surface area contributed by atoms with Crippen molar-refractivity contribution in [2.75, 3.05) is 31.3 Å². The zero-order valence-corrected chi connectivity index (χ0v) is 31.9. The van der Waals surface area contributed by atoms with E-state index in [2.05, 4.69) is 69.9 Å². The minimum Gasteiger partial charge on any atom is -0.465 e. The average Bonchev–Trinajstić information content (AvgIpc) is 3.41. The fraction of sp³-hybridized carbons (Fsp3) is 0.765. The molecule has 0 bridgehead atoms. The lowest BCUT2D eigenvalue weighted by atomic mass is 10.0. The van der Waals surface area contributed by atoms with Gasteiger partial charge in [0, 0.05) is 32.4 Å². The molecule has 0 aliphatic rings. The molecule has 2 heterocycles. The van der Waals surface area contributed by atoms with Gasteiger partial charge in [-0.3, -0.25) is 9.59 Å². The molecule has 2 rings (SSSR count). The Morgan fingerprint density at radius 2 is 1.56 bits per heavy atom. The summed E-state index contributed by atoms with van der Waals surface area (Å²) < 4.78 is 18.4. The highest BCUT2D eigenvalue weighted by Gasteiger charge is 2.14. The van der Waals surface area contributed by atoms with E-state index in [1.807, 2.05) is 16.8 Å². The molecule has 0 aliphatic heterocycles. The molecule has 0 radical (unpaired) electrons. The minimum absolute atomic E-state index is 0.116. The van der Waals surface area contributed by atoms with Crippen LogP contribution in [0.25, 0.3) is 11.2 Å². The fourth-order valence-corrected chi connectivity index (χ4v) is 6.06. The topological polar surface area (TPSA) is 92.5 Å². The van der Waals surface area contributed by atoms with Crippen LogP contribution in [-0.2, 0) is 30.5 Å². The maximum Gasteiger partial charge on any atom is 0.306 e. The Bertz CT molecular complexity index is 1080. The maximum absolute atomic E-state index is 12.0. The minimum atomic E-state index is -1.08. The number of ether oxygens (including phenoxy) is 3. The molecule has 0 saturated heterocycles. The van der Waals surface area contributed by atoms with Crippen LogP contribution in [0.3, 0.4) is 0 Å². The summed E-state index contributed by atoms with van der Waals surface area (Å²) >= 11 is 5.52. The van der Waals surface area contributed by atoms with E-state index in [9.17, 15) is 9.59 Å². The number of thioether (sulfide) groups is 1. The molecule has 0 saturated carbocycles. The first-order valence-electron chi connectivity index (χ1n) is 17.0. The molecule has 258 valence electrons. The second kappa shape index (κ2) is 24.6. The van der Waals surface area contributed by atoms with Crippen molar-refractivity contribution in [1.82, 2.24) is 14.5 Å². The molecule has 0 spiro atoms. The van der Waals surface area contributed by atoms with Crippen molar-refractivity contribution in [2.45, 2.75) is 129 Å². The maximum atomic E-state index is 12.0. The Labute approximate surface area is 284 Å². The molecule has 11 heteroatoms. The van der Waals surface area contributed by atoms with Crippen molar-refractivity contribution in [3.05, 3.63) is 18.5 Å². The van der Waals surface area contributed by atoms with E-state index in [4.69, 9.17) is 14.2 Å². The van der Waals surface area contributed by atoms with Crippen LogP contribution < -0.4 is 0 Å². The first kappa shape index (κ1) is 41.5. The van der Waals surface area contributed by atoms with Crippen molar-refractivity contribution >= 4 is 55.6 Å². The molecule has 0 aromatic carbocycles. The van der Waals surface area contributed by atoms with E-state index in [1.165, 1.54) is 32.1 Å². The van der Waals surface area contributed by atoms with Crippen molar-refractivity contribution < 1.29 is 23.8 Å². The lowest BCUT2D eigenvalue weighted by molar-refractivity contribution is -0.145. The molecule has 2 atom stereocenters. The average molecular weight is 684 g/mol. The molecule has 8 nitrogen and oxygen atoms in total. The van der Waals surface area contributed by atoms with E-state index in [0.29, 0.717) is 56.1 Å². The zero-order chi connectivity index (χ0) is 33.5. The molecule has 2 unspecified atom stereocenters. The Kier molecular flexibility index (Phi) is 22.7. The zero-order valence-electron chi connectivity index (χ0n) is 29.1. The highest BCUT2D eigenvalue weighted by atomic mass is 32.2. The monoisotopic (exact) mass is 683 g/mol. The van der Waals surface area contributed by atoms with Crippen LogP contribution in [0.15, 0.2) is 23.5 Å². The van der Waals surface area contributed by atoms with Crippen LogP contribution in [0.1, 0.15) is 91.9 Å². The highest BCUT2D eigenvalue weighted by molar-refractivity contribution is 7.99. The van der Waals surface area contributed by atoms with Gasteiger partial charge in [-0.05, 0) is 36.8 Å². The normalized spacial score (nSPS) is 12.8. The number of hydrogen-bond donors (Lipinski definition) is 1. The number of carbonyl (C=O) groups is 2. The summed E-state index contributed by atoms with van der Waals surface area (Å²) in [7, 11) is -1.08. The van der Waals surface area contributed by atoms with Gasteiger partial charge < -0.3 is 18.8 Å². The van der Waals surface area contributed by atoms with E-state index in [-0.39, 0.29) is 11.9 Å². The number of thiol groups is 1. The molecule has 0 amide bonds. The van der Waals surface area contributed by atoms with Gasteiger partial charge in [0.15, 0.2) is 5.65 Å². The Balaban J connectivity index is 0.000000609. The van der Waals surface area contributed by atoms with Gasteiger partial charge in [0.05, 0.1) is 32.3 Å². The first-order valence-corrected chi connectivity index (χ1v) is 22.3. The second-order valence-electron chi connectivity index (χ2n) is 12.8. The number of hydrogen-bond acceptors (Lipinski definition) is 9. The number of rotatable bonds is 23. The Morgan fingerprint density at radius 3 is 2.09 bits per heavy atom. The van der Waals surface area contributed by atoms with Crippen LogP contribution in [0.4, 0.5) is 0 Å². The summed E-state index contributed by atoms with van der Waals surface area (Å²) in [5.74, 6) is 2.00. The number of aromatic nitrogens is 3. The number of fused-ring (bicyclic) bond motifs is 1. The standard InChI is InChI=1S/C23H39N3O3SSi.C11H22O2S/c1-6-8-9-19(7-2)17-29-22(27)11-14-30-21-16-24-23-20(25-21)10-12-26(23)18-28-13-15-31(3,4)5;1-3-5-6-10(4-2)9-13-11(12)7-8-14/h10,12,16,19H,6-9,11,13-15,17-18H2,1-5H3;10,14H,3-9H2,1-2H3. The first-order chi connectivity index (χ1) is 21.6. The van der Waals surface area contributed by atoms with Crippen molar-refractivity contribution in [3.8, 4) is 0 Å². The third-order valence-electron chi connectivity index (χ3n) is 7.59. The summed E-state index contributed by atoms with van der Waals surface area (Å²) in [6.45, 7) is 18.1. The van der Waals surface area contributed by atoms with Crippen LogP contribution >= 0.6 is 24.4 Å². The van der Waals surface area contributed by atoms with Crippen molar-refractivity contribution in [1.29, 1.82) is 0 Å². The van der Waals surface area contributed by atoms with Crippen molar-refractivity contribution in [3.63, 3.8) is 0 Å². The number of esters is 2. The van der Waals surface area contributed by atoms with Crippen LogP contribution in [0.2, 0.25) is 25.7 Å². The lowest BCUT2D eigenvalue weighted by Crippen LogP contribution is -2.22. The van der Waals surface area contributed by atoms with Gasteiger partial charge in [-0.15, -0.1) is 11.8 Å². The quantitative estimate of drug-likeness (QED) is 0.0408. The predicted molar refractivity (Wildman–Crippen MR) is 194 cm³/mol. The van der Waals surface area contributed by atoms with Gasteiger partial charge >= 0.3 is 11.9 Å². The summed E-state index contributed by atoms with van der Waals surface area (Å²) in [6, 6.07) is 3.11. The van der Waals surface area contributed by atoms with Gasteiger partial charge in [-0.25, -0.2) is 9.97 Å². The van der Waals surface area contributed by atoms with Crippen LogP contribution in [0.5, 0.6) is 0 Å². The van der Waals surface area contributed by atoms with Crippen molar-refractivity contribution in [2.24, 2.45) is 11.8 Å². The molecule has 2 aromatic rings. The molecule has 2 aromatic heterocycles. The largest absolute Gasteiger partial charge is 0.465 e. The molecular weight excluding hydrogens is 623 g/mol. The lowest BCUT2D eigenvalue weighted by Gasteiger charge is -2.15. The highest BCUT2D eigenvalue weighted by Crippen LogP contribution is 2.20. The van der Waals surface area contributed by atoms with Crippen LogP contribution in [0, 0.1) is 11.8 Å². The predicted octanol–water partition coefficient (Wildman–Crippen LogP) is 9.05. The third-order valence-corrected chi connectivity index (χ3v) is 10.4. The van der Waals surface area contributed by atoms with Gasteiger partial charge in [0.2, 0.25) is 0 Å². The summed E-state index contributed by atoms with van der Waals surface area (Å²) in [4.78, 5) is 32.3. The van der Waals surface area contributed by atoms with E-state index in [0.717, 1.165) is 48.1 Å². The smallest absolute Gasteiger partial charge is 0.306 e. The second-order valence-corrected chi connectivity index (χ2v) is 20.0.